The quantitative estimate of drug-likeness (QED) is 0.514. The van der Waals surface area contributed by atoms with Gasteiger partial charge in [0.1, 0.15) is 0 Å². The van der Waals surface area contributed by atoms with E-state index in [1.807, 2.05) is 0 Å². The molecule has 2 amide bonds. The molecule has 2 atom stereocenters. The van der Waals surface area contributed by atoms with Crippen molar-refractivity contribution in [2.24, 2.45) is 11.8 Å². The van der Waals surface area contributed by atoms with E-state index in [0.29, 0.717) is 13.1 Å². The third kappa shape index (κ3) is 12.9. The molecule has 0 saturated carbocycles. The van der Waals surface area contributed by atoms with Crippen LogP contribution in [-0.4, -0.2) is 47.1 Å². The second-order valence-corrected chi connectivity index (χ2v) is 4.79. The average molecular weight is 318 g/mol. The molecule has 128 valence electrons. The normalized spacial score (nSPS) is 12.2. The number of amides is 2. The van der Waals surface area contributed by atoms with Gasteiger partial charge >= 0.3 is 11.9 Å². The average Bonchev–Trinajstić information content (AvgIpc) is 2.38. The van der Waals surface area contributed by atoms with Gasteiger partial charge in [0.25, 0.3) is 0 Å². The first-order chi connectivity index (χ1) is 10.1. The summed E-state index contributed by atoms with van der Waals surface area (Å²) in [6, 6.07) is 0. The molecule has 8 nitrogen and oxygen atoms in total. The highest BCUT2D eigenvalue weighted by Crippen LogP contribution is 2.01. The molecule has 0 bridgehead atoms. The first kappa shape index (κ1) is 22.2. The van der Waals surface area contributed by atoms with Crippen LogP contribution < -0.4 is 10.6 Å². The van der Waals surface area contributed by atoms with Gasteiger partial charge in [0.05, 0.1) is 12.3 Å². The van der Waals surface area contributed by atoms with Gasteiger partial charge in [-0.1, -0.05) is 13.8 Å². The van der Waals surface area contributed by atoms with Crippen LogP contribution in [0.1, 0.15) is 40.5 Å². The molecular weight excluding hydrogens is 292 g/mol. The molecule has 4 N–H and O–H groups in total. The number of hydrogen-bond donors (Lipinski definition) is 4. The maximum Gasteiger partial charge on any atom is 0.306 e. The molecule has 0 fully saturated rings. The fraction of sp³-hybridized carbons (Fsp3) is 0.714. The molecular formula is C14H26N2O6. The Morgan fingerprint density at radius 1 is 0.864 bits per heavy atom. The van der Waals surface area contributed by atoms with Crippen LogP contribution in [0.25, 0.3) is 0 Å². The van der Waals surface area contributed by atoms with E-state index in [9.17, 15) is 19.2 Å². The molecule has 0 spiro atoms. The van der Waals surface area contributed by atoms with Crippen molar-refractivity contribution in [1.29, 1.82) is 0 Å². The van der Waals surface area contributed by atoms with Crippen LogP contribution in [0.2, 0.25) is 0 Å². The second-order valence-electron chi connectivity index (χ2n) is 4.79. The summed E-state index contributed by atoms with van der Waals surface area (Å²) in [5, 5.41) is 21.8. The standard InChI is InChI=1S/2C7H13NO3/c1-3-8-7(11)5(2)4-6(9)10;1-3-8-6(9)4-5(2)7(10)11/h5H,3-4H2,1-2H3,(H,8,11)(H,9,10);5H,3-4H2,1-2H3,(H,8,9)(H,10,11). The van der Waals surface area contributed by atoms with Crippen molar-refractivity contribution in [3.8, 4) is 0 Å². The zero-order chi connectivity index (χ0) is 17.7. The van der Waals surface area contributed by atoms with Crippen molar-refractivity contribution in [2.45, 2.75) is 40.5 Å². The van der Waals surface area contributed by atoms with Crippen molar-refractivity contribution >= 4 is 23.8 Å². The van der Waals surface area contributed by atoms with Crippen molar-refractivity contribution in [3.63, 3.8) is 0 Å². The highest BCUT2D eigenvalue weighted by molar-refractivity contribution is 5.82. The molecule has 0 radical (unpaired) electrons. The van der Waals surface area contributed by atoms with Crippen LogP contribution in [0.15, 0.2) is 0 Å². The first-order valence-electron chi connectivity index (χ1n) is 7.14. The maximum atomic E-state index is 10.9. The summed E-state index contributed by atoms with van der Waals surface area (Å²) in [7, 11) is 0. The number of aliphatic carboxylic acids is 2. The van der Waals surface area contributed by atoms with E-state index in [2.05, 4.69) is 10.6 Å². The zero-order valence-electron chi connectivity index (χ0n) is 13.5. The fourth-order valence-corrected chi connectivity index (χ4v) is 1.34. The minimum atomic E-state index is -0.941. The molecule has 0 rings (SSSR count). The number of nitrogens with one attached hydrogen (secondary N) is 2. The molecule has 22 heavy (non-hydrogen) atoms. The van der Waals surface area contributed by atoms with Crippen LogP contribution in [0.5, 0.6) is 0 Å². The lowest BCUT2D eigenvalue weighted by Crippen LogP contribution is -2.30. The van der Waals surface area contributed by atoms with Crippen LogP contribution in [0.4, 0.5) is 0 Å². The molecule has 0 saturated heterocycles. The number of carbonyl (C=O) groups excluding carboxylic acids is 2. The van der Waals surface area contributed by atoms with Gasteiger partial charge in [-0.05, 0) is 13.8 Å². The summed E-state index contributed by atoms with van der Waals surface area (Å²) in [4.78, 5) is 42.1. The topological polar surface area (TPSA) is 133 Å². The summed E-state index contributed by atoms with van der Waals surface area (Å²) in [6.07, 6.45) is -0.0466. The molecule has 0 aromatic rings. The molecule has 0 aliphatic heterocycles. The smallest absolute Gasteiger partial charge is 0.306 e. The van der Waals surface area contributed by atoms with Gasteiger partial charge in [-0.3, -0.25) is 19.2 Å². The number of carboxylic acid groups (broad SMARTS) is 2. The minimum absolute atomic E-state index is 0.0587. The monoisotopic (exact) mass is 318 g/mol. The Morgan fingerprint density at radius 3 is 1.73 bits per heavy atom. The van der Waals surface area contributed by atoms with Gasteiger partial charge in [-0.25, -0.2) is 0 Å². The van der Waals surface area contributed by atoms with E-state index < -0.39 is 23.8 Å². The number of hydrogen-bond acceptors (Lipinski definition) is 4. The van der Waals surface area contributed by atoms with Gasteiger partial charge in [-0.15, -0.1) is 0 Å². The minimum Gasteiger partial charge on any atom is -0.481 e. The van der Waals surface area contributed by atoms with E-state index in [4.69, 9.17) is 10.2 Å². The number of carboxylic acids is 2. The lowest BCUT2D eigenvalue weighted by molar-refractivity contribution is -0.143. The molecule has 0 aliphatic rings. The molecule has 0 heterocycles. The van der Waals surface area contributed by atoms with Crippen molar-refractivity contribution in [3.05, 3.63) is 0 Å². The van der Waals surface area contributed by atoms with Gasteiger partial charge < -0.3 is 20.8 Å². The summed E-state index contributed by atoms with van der Waals surface area (Å²) in [6.45, 7) is 7.79. The van der Waals surface area contributed by atoms with Crippen molar-refractivity contribution in [2.75, 3.05) is 13.1 Å². The highest BCUT2D eigenvalue weighted by atomic mass is 16.4. The van der Waals surface area contributed by atoms with E-state index in [-0.39, 0.29) is 24.7 Å². The number of rotatable bonds is 8. The van der Waals surface area contributed by atoms with Gasteiger partial charge in [0.15, 0.2) is 0 Å². The summed E-state index contributed by atoms with van der Waals surface area (Å²) in [5.41, 5.74) is 0. The molecule has 0 aliphatic carbocycles. The van der Waals surface area contributed by atoms with E-state index in [1.165, 1.54) is 6.92 Å². The Bertz CT molecular complexity index is 384. The largest absolute Gasteiger partial charge is 0.481 e. The Balaban J connectivity index is 0. The predicted molar refractivity (Wildman–Crippen MR) is 80.2 cm³/mol. The Morgan fingerprint density at radius 2 is 1.36 bits per heavy atom. The third-order valence-electron chi connectivity index (χ3n) is 2.57. The zero-order valence-corrected chi connectivity index (χ0v) is 13.5. The summed E-state index contributed by atoms with van der Waals surface area (Å²) < 4.78 is 0. The van der Waals surface area contributed by atoms with E-state index >= 15 is 0 Å². The van der Waals surface area contributed by atoms with Crippen LogP contribution in [0.3, 0.4) is 0 Å². The van der Waals surface area contributed by atoms with E-state index in [0.717, 1.165) is 0 Å². The van der Waals surface area contributed by atoms with Gasteiger partial charge in [0.2, 0.25) is 11.8 Å². The Labute approximate surface area is 130 Å². The molecule has 2 unspecified atom stereocenters. The summed E-state index contributed by atoms with van der Waals surface area (Å²) >= 11 is 0. The molecule has 0 aromatic heterocycles. The van der Waals surface area contributed by atoms with Crippen LogP contribution in [0, 0.1) is 11.8 Å². The Hall–Kier alpha value is -2.12. The SMILES string of the molecule is CCNC(=O)C(C)CC(=O)O.CCNC(=O)CC(C)C(=O)O. The van der Waals surface area contributed by atoms with E-state index in [1.54, 1.807) is 20.8 Å². The molecule has 0 aromatic carbocycles. The maximum absolute atomic E-state index is 10.9. The highest BCUT2D eigenvalue weighted by Gasteiger charge is 2.15. The number of carbonyl (C=O) groups is 4. The lowest BCUT2D eigenvalue weighted by atomic mass is 10.1. The lowest BCUT2D eigenvalue weighted by Gasteiger charge is -2.07. The van der Waals surface area contributed by atoms with Gasteiger partial charge in [0, 0.05) is 25.4 Å². The first-order valence-corrected chi connectivity index (χ1v) is 7.14. The third-order valence-corrected chi connectivity index (χ3v) is 2.57. The van der Waals surface area contributed by atoms with Crippen LogP contribution in [-0.2, 0) is 19.2 Å². The van der Waals surface area contributed by atoms with Crippen molar-refractivity contribution in [1.82, 2.24) is 10.6 Å². The summed E-state index contributed by atoms with van der Waals surface area (Å²) in [5.74, 6) is -3.31. The fourth-order valence-electron chi connectivity index (χ4n) is 1.34. The molecule has 8 heteroatoms. The van der Waals surface area contributed by atoms with Gasteiger partial charge in [-0.2, -0.15) is 0 Å². The van der Waals surface area contributed by atoms with Crippen molar-refractivity contribution < 1.29 is 29.4 Å². The Kier molecular flexibility index (Phi) is 12.7. The van der Waals surface area contributed by atoms with Crippen LogP contribution >= 0.6 is 0 Å². The predicted octanol–water partition coefficient (Wildman–Crippen LogP) is 0.467. The second kappa shape index (κ2) is 12.6.